The molecule has 7 heteroatoms. The van der Waals surface area contributed by atoms with Crippen LogP contribution in [-0.2, 0) is 17.9 Å². The lowest BCUT2D eigenvalue weighted by molar-refractivity contribution is -0.147. The van der Waals surface area contributed by atoms with E-state index in [0.29, 0.717) is 5.82 Å². The second-order valence-corrected chi connectivity index (χ2v) is 2.74. The molecule has 3 N–H and O–H groups in total. The molecule has 0 radical (unpaired) electrons. The molecule has 0 bridgehead atoms. The van der Waals surface area contributed by atoms with Crippen LogP contribution >= 0.6 is 0 Å². The third-order valence-electron chi connectivity index (χ3n) is 1.77. The minimum atomic E-state index is -1.40. The van der Waals surface area contributed by atoms with Crippen molar-refractivity contribution < 1.29 is 20.1 Å². The van der Waals surface area contributed by atoms with E-state index >= 15 is 0 Å². The predicted molar refractivity (Wildman–Crippen MR) is 44.2 cm³/mol. The Morgan fingerprint density at radius 2 is 2.36 bits per heavy atom. The lowest BCUT2D eigenvalue weighted by atomic mass is 10.2. The lowest BCUT2D eigenvalue weighted by Crippen LogP contribution is -2.21. The summed E-state index contributed by atoms with van der Waals surface area (Å²) >= 11 is 0. The maximum atomic E-state index is 10.3. The quantitative estimate of drug-likeness (QED) is 0.541. The average molecular weight is 201 g/mol. The Morgan fingerprint density at radius 1 is 1.64 bits per heavy atom. The van der Waals surface area contributed by atoms with Crippen molar-refractivity contribution in [2.75, 3.05) is 0 Å². The van der Waals surface area contributed by atoms with E-state index in [9.17, 15) is 4.79 Å². The summed E-state index contributed by atoms with van der Waals surface area (Å²) in [4.78, 5) is 10.3. The summed E-state index contributed by atoms with van der Waals surface area (Å²) in [6.07, 6.45) is 0.0319. The third kappa shape index (κ3) is 2.51. The van der Waals surface area contributed by atoms with Gasteiger partial charge in [0.1, 0.15) is 12.9 Å². The lowest BCUT2D eigenvalue weighted by Gasteiger charge is -2.06. The summed E-state index contributed by atoms with van der Waals surface area (Å²) in [6.45, 7) is -0.000470. The number of carboxylic acid groups (broad SMARTS) is 1. The van der Waals surface area contributed by atoms with Crippen LogP contribution in [0, 0.1) is 0 Å². The van der Waals surface area contributed by atoms with Gasteiger partial charge in [0.05, 0.1) is 0 Å². The largest absolute Gasteiger partial charge is 0.479 e. The highest BCUT2D eigenvalue weighted by Gasteiger charge is 2.13. The molecule has 0 aliphatic heterocycles. The van der Waals surface area contributed by atoms with Gasteiger partial charge in [-0.2, -0.15) is 0 Å². The van der Waals surface area contributed by atoms with E-state index in [4.69, 9.17) is 15.3 Å². The number of hydrogen-bond donors (Lipinski definition) is 3. The van der Waals surface area contributed by atoms with Gasteiger partial charge in [0.25, 0.3) is 0 Å². The summed E-state index contributed by atoms with van der Waals surface area (Å²) in [5, 5.41) is 33.3. The van der Waals surface area contributed by atoms with E-state index in [1.165, 1.54) is 10.9 Å². The summed E-state index contributed by atoms with van der Waals surface area (Å²) < 4.78 is 1.49. The summed E-state index contributed by atoms with van der Waals surface area (Å²) in [7, 11) is 0. The highest BCUT2D eigenvalue weighted by Crippen LogP contribution is 2.00. The molecule has 0 aliphatic carbocycles. The summed E-state index contributed by atoms with van der Waals surface area (Å²) in [5.74, 6) is -0.911. The zero-order valence-electron chi connectivity index (χ0n) is 7.37. The van der Waals surface area contributed by atoms with Crippen molar-refractivity contribution in [3.63, 3.8) is 0 Å². The van der Waals surface area contributed by atoms with Crippen LogP contribution in [0.1, 0.15) is 12.2 Å². The molecule has 1 heterocycles. The Balaban J connectivity index is 2.49. The molecular weight excluding hydrogens is 190 g/mol. The van der Waals surface area contributed by atoms with Gasteiger partial charge >= 0.3 is 5.97 Å². The first-order chi connectivity index (χ1) is 6.65. The number of carboxylic acids is 1. The van der Waals surface area contributed by atoms with E-state index in [0.717, 1.165) is 0 Å². The molecule has 0 saturated heterocycles. The first-order valence-corrected chi connectivity index (χ1v) is 4.03. The third-order valence-corrected chi connectivity index (χ3v) is 1.77. The summed E-state index contributed by atoms with van der Waals surface area (Å²) in [5.41, 5.74) is 0. The monoisotopic (exact) mass is 201 g/mol. The Kier molecular flexibility index (Phi) is 3.55. The molecule has 1 atom stereocenters. The standard InChI is InChI=1S/C7H11N3O4/c11-3-6-9-8-4-10(6)2-1-5(12)7(13)14/h4-5,11-12H,1-3H2,(H,13,14). The fourth-order valence-corrected chi connectivity index (χ4v) is 0.973. The van der Waals surface area contributed by atoms with Gasteiger partial charge in [-0.25, -0.2) is 4.79 Å². The average Bonchev–Trinajstić information content (AvgIpc) is 2.60. The van der Waals surface area contributed by atoms with Crippen molar-refractivity contribution in [3.8, 4) is 0 Å². The van der Waals surface area contributed by atoms with Crippen molar-refractivity contribution in [1.29, 1.82) is 0 Å². The van der Waals surface area contributed by atoms with Crippen LogP contribution < -0.4 is 0 Å². The number of nitrogens with zero attached hydrogens (tertiary/aromatic N) is 3. The highest BCUT2D eigenvalue weighted by atomic mass is 16.4. The summed E-state index contributed by atoms with van der Waals surface area (Å²) in [6, 6.07) is 0. The molecule has 14 heavy (non-hydrogen) atoms. The minimum Gasteiger partial charge on any atom is -0.479 e. The smallest absolute Gasteiger partial charge is 0.332 e. The van der Waals surface area contributed by atoms with E-state index in [1.54, 1.807) is 0 Å². The van der Waals surface area contributed by atoms with E-state index in [1.807, 2.05) is 0 Å². The number of aryl methyl sites for hydroxylation is 1. The molecule has 0 fully saturated rings. The van der Waals surface area contributed by atoms with Gasteiger partial charge in [0.15, 0.2) is 11.9 Å². The molecule has 1 rings (SSSR count). The first-order valence-electron chi connectivity index (χ1n) is 4.03. The number of aliphatic hydroxyl groups excluding tert-OH is 2. The van der Waals surface area contributed by atoms with Crippen LogP contribution in [0.25, 0.3) is 0 Å². The van der Waals surface area contributed by atoms with Crippen LogP contribution in [-0.4, -0.2) is 42.2 Å². The van der Waals surface area contributed by atoms with Gasteiger partial charge in [-0.15, -0.1) is 10.2 Å². The second kappa shape index (κ2) is 4.68. The number of hydrogen-bond acceptors (Lipinski definition) is 5. The van der Waals surface area contributed by atoms with Gasteiger partial charge in [0, 0.05) is 13.0 Å². The molecule has 0 aliphatic rings. The van der Waals surface area contributed by atoms with Crippen LogP contribution in [0.15, 0.2) is 6.33 Å². The fraction of sp³-hybridized carbons (Fsp3) is 0.571. The predicted octanol–water partition coefficient (Wildman–Crippen LogP) is -1.39. The molecule has 7 nitrogen and oxygen atoms in total. The van der Waals surface area contributed by atoms with E-state index < -0.39 is 12.1 Å². The van der Waals surface area contributed by atoms with Crippen LogP contribution in [0.4, 0.5) is 0 Å². The van der Waals surface area contributed by atoms with Crippen molar-refractivity contribution in [1.82, 2.24) is 14.8 Å². The van der Waals surface area contributed by atoms with Gasteiger partial charge in [-0.05, 0) is 0 Å². The molecule has 78 valence electrons. The van der Waals surface area contributed by atoms with Crippen molar-refractivity contribution in [3.05, 3.63) is 12.2 Å². The molecule has 0 aromatic carbocycles. The van der Waals surface area contributed by atoms with Crippen LogP contribution in [0.5, 0.6) is 0 Å². The van der Waals surface area contributed by atoms with Crippen molar-refractivity contribution in [2.45, 2.75) is 25.7 Å². The second-order valence-electron chi connectivity index (χ2n) is 2.74. The zero-order chi connectivity index (χ0) is 10.6. The molecule has 0 saturated carbocycles. The Morgan fingerprint density at radius 3 is 2.93 bits per heavy atom. The van der Waals surface area contributed by atoms with E-state index in [-0.39, 0.29) is 19.6 Å². The first kappa shape index (κ1) is 10.6. The number of rotatable bonds is 5. The maximum absolute atomic E-state index is 10.3. The number of aliphatic carboxylic acids is 1. The van der Waals surface area contributed by atoms with E-state index in [2.05, 4.69) is 10.2 Å². The maximum Gasteiger partial charge on any atom is 0.332 e. The van der Waals surface area contributed by atoms with Crippen LogP contribution in [0.3, 0.4) is 0 Å². The van der Waals surface area contributed by atoms with Crippen molar-refractivity contribution in [2.24, 2.45) is 0 Å². The van der Waals surface area contributed by atoms with Gasteiger partial charge < -0.3 is 19.9 Å². The molecular formula is C7H11N3O4. The van der Waals surface area contributed by atoms with Gasteiger partial charge in [-0.3, -0.25) is 0 Å². The molecule has 1 unspecified atom stereocenters. The molecule has 0 amide bonds. The molecule has 1 aromatic rings. The highest BCUT2D eigenvalue weighted by molar-refractivity contribution is 5.71. The van der Waals surface area contributed by atoms with Crippen molar-refractivity contribution >= 4 is 5.97 Å². The fourth-order valence-electron chi connectivity index (χ4n) is 0.973. The minimum absolute atomic E-state index is 0.0559. The van der Waals surface area contributed by atoms with Gasteiger partial charge in [0.2, 0.25) is 0 Å². The Labute approximate surface area is 79.6 Å². The SMILES string of the molecule is O=C(O)C(O)CCn1cnnc1CO. The Hall–Kier alpha value is -1.47. The molecule has 1 aromatic heterocycles. The number of carbonyl (C=O) groups is 1. The normalized spacial score (nSPS) is 12.7. The number of aliphatic hydroxyl groups is 2. The molecule has 0 spiro atoms. The van der Waals surface area contributed by atoms with Gasteiger partial charge in [-0.1, -0.05) is 0 Å². The number of aromatic nitrogens is 3. The topological polar surface area (TPSA) is 108 Å². The zero-order valence-corrected chi connectivity index (χ0v) is 7.37. The van der Waals surface area contributed by atoms with Crippen LogP contribution in [0.2, 0.25) is 0 Å². The Bertz CT molecular complexity index is 312.